The second-order valence-corrected chi connectivity index (χ2v) is 4.08. The fourth-order valence-electron chi connectivity index (χ4n) is 1.83. The van der Waals surface area contributed by atoms with Crippen LogP contribution in [0.4, 0.5) is 0 Å². The molecule has 0 spiro atoms. The van der Waals surface area contributed by atoms with Crippen molar-refractivity contribution in [3.8, 4) is 0 Å². The quantitative estimate of drug-likeness (QED) is 0.662. The third kappa shape index (κ3) is 2.72. The normalized spacial score (nSPS) is 24.2. The van der Waals surface area contributed by atoms with Crippen LogP contribution in [-0.2, 0) is 19.1 Å². The van der Waals surface area contributed by atoms with E-state index in [-0.39, 0.29) is 12.5 Å². The molecular weight excluding hydrogens is 210 g/mol. The summed E-state index contributed by atoms with van der Waals surface area (Å²) in [5.74, 6) is -0.533. The summed E-state index contributed by atoms with van der Waals surface area (Å²) in [4.78, 5) is 24.8. The molecule has 1 aliphatic rings. The van der Waals surface area contributed by atoms with Gasteiger partial charge in [0.05, 0.1) is 7.11 Å². The fourth-order valence-corrected chi connectivity index (χ4v) is 1.83. The van der Waals surface area contributed by atoms with Crippen molar-refractivity contribution < 1.29 is 19.1 Å². The van der Waals surface area contributed by atoms with Crippen LogP contribution in [0.2, 0.25) is 0 Å². The van der Waals surface area contributed by atoms with Gasteiger partial charge in [0.1, 0.15) is 12.1 Å². The highest BCUT2D eigenvalue weighted by Crippen LogP contribution is 2.27. The van der Waals surface area contributed by atoms with E-state index in [1.54, 1.807) is 6.92 Å². The lowest BCUT2D eigenvalue weighted by atomic mass is 10.0. The maximum absolute atomic E-state index is 12.1. The molecule has 1 unspecified atom stereocenters. The molecule has 1 atom stereocenters. The zero-order valence-electron chi connectivity index (χ0n) is 10.1. The molecule has 1 aliphatic heterocycles. The van der Waals surface area contributed by atoms with Crippen molar-refractivity contribution in [3.05, 3.63) is 0 Å². The van der Waals surface area contributed by atoms with Gasteiger partial charge < -0.3 is 14.4 Å². The van der Waals surface area contributed by atoms with Gasteiger partial charge in [0.15, 0.2) is 0 Å². The van der Waals surface area contributed by atoms with Crippen LogP contribution in [0.1, 0.15) is 26.7 Å². The Balaban J connectivity index is 2.65. The van der Waals surface area contributed by atoms with E-state index in [9.17, 15) is 9.59 Å². The van der Waals surface area contributed by atoms with Crippen LogP contribution in [0.5, 0.6) is 0 Å². The number of carbonyl (C=O) groups is 2. The Morgan fingerprint density at radius 2 is 2.19 bits per heavy atom. The predicted octanol–water partition coefficient (Wildman–Crippen LogP) is 0.577. The lowest BCUT2D eigenvalue weighted by Gasteiger charge is -2.29. The minimum Gasteiger partial charge on any atom is -0.468 e. The third-order valence-electron chi connectivity index (χ3n) is 2.89. The van der Waals surface area contributed by atoms with Crippen LogP contribution in [0.15, 0.2) is 0 Å². The van der Waals surface area contributed by atoms with E-state index in [0.717, 1.165) is 6.42 Å². The summed E-state index contributed by atoms with van der Waals surface area (Å²) in [6, 6.07) is 0. The van der Waals surface area contributed by atoms with E-state index in [1.807, 2.05) is 6.92 Å². The largest absolute Gasteiger partial charge is 0.468 e. The average molecular weight is 229 g/mol. The number of likely N-dealkylation sites (N-methyl/N-ethyl adjacent to an activating group) is 1. The third-order valence-corrected chi connectivity index (χ3v) is 2.89. The van der Waals surface area contributed by atoms with Crippen molar-refractivity contribution in [3.63, 3.8) is 0 Å². The Kier molecular flexibility index (Phi) is 4.29. The first-order valence-corrected chi connectivity index (χ1v) is 5.53. The molecule has 0 aromatic heterocycles. The van der Waals surface area contributed by atoms with Crippen molar-refractivity contribution in [2.75, 3.05) is 26.8 Å². The van der Waals surface area contributed by atoms with Crippen LogP contribution < -0.4 is 0 Å². The maximum Gasteiger partial charge on any atom is 0.325 e. The highest BCUT2D eigenvalue weighted by molar-refractivity contribution is 5.88. The Morgan fingerprint density at radius 1 is 1.50 bits per heavy atom. The highest BCUT2D eigenvalue weighted by Gasteiger charge is 2.40. The second-order valence-electron chi connectivity index (χ2n) is 4.08. The predicted molar refractivity (Wildman–Crippen MR) is 57.9 cm³/mol. The molecule has 0 bridgehead atoms. The Hall–Kier alpha value is -1.10. The highest BCUT2D eigenvalue weighted by atomic mass is 16.5. The van der Waals surface area contributed by atoms with Gasteiger partial charge in [-0.15, -0.1) is 0 Å². The number of nitrogens with zero attached hydrogens (tertiary/aromatic N) is 1. The van der Waals surface area contributed by atoms with Gasteiger partial charge in [0, 0.05) is 13.2 Å². The first kappa shape index (κ1) is 13.0. The minimum absolute atomic E-state index is 0.00914. The zero-order valence-corrected chi connectivity index (χ0v) is 10.1. The summed E-state index contributed by atoms with van der Waals surface area (Å²) in [5, 5.41) is 0. The molecule has 92 valence electrons. The van der Waals surface area contributed by atoms with Crippen molar-refractivity contribution in [2.24, 2.45) is 0 Å². The minimum atomic E-state index is -0.760. The van der Waals surface area contributed by atoms with Crippen LogP contribution >= 0.6 is 0 Å². The first-order chi connectivity index (χ1) is 7.53. The molecule has 5 heteroatoms. The van der Waals surface area contributed by atoms with E-state index in [1.165, 1.54) is 12.0 Å². The maximum atomic E-state index is 12.1. The molecule has 1 heterocycles. The van der Waals surface area contributed by atoms with Crippen LogP contribution in [0, 0.1) is 0 Å². The van der Waals surface area contributed by atoms with Crippen LogP contribution in [0.3, 0.4) is 0 Å². The van der Waals surface area contributed by atoms with Gasteiger partial charge in [-0.2, -0.15) is 0 Å². The summed E-state index contributed by atoms with van der Waals surface area (Å²) in [5.41, 5.74) is -0.760. The van der Waals surface area contributed by atoms with Crippen molar-refractivity contribution >= 4 is 11.9 Å². The Bertz CT molecular complexity index is 271. The number of amides is 1. The monoisotopic (exact) mass is 229 g/mol. The molecule has 0 radical (unpaired) electrons. The number of esters is 1. The lowest BCUT2D eigenvalue weighted by molar-refractivity contribution is -0.156. The molecule has 1 amide bonds. The zero-order chi connectivity index (χ0) is 12.2. The Morgan fingerprint density at radius 3 is 2.62 bits per heavy atom. The number of methoxy groups -OCH3 is 1. The molecule has 16 heavy (non-hydrogen) atoms. The van der Waals surface area contributed by atoms with Gasteiger partial charge in [0.2, 0.25) is 0 Å². The fraction of sp³-hybridized carbons (Fsp3) is 0.818. The number of hydrogen-bond donors (Lipinski definition) is 0. The van der Waals surface area contributed by atoms with E-state index >= 15 is 0 Å². The number of carbonyl (C=O) groups excluding carboxylic acids is 2. The molecule has 0 aliphatic carbocycles. The standard InChI is InChI=1S/C11H19NO4/c1-4-12(8-9(13)15-3)10(14)11(2)6-5-7-16-11/h4-8H2,1-3H3. The summed E-state index contributed by atoms with van der Waals surface area (Å²) in [6.45, 7) is 4.69. The number of hydrogen-bond acceptors (Lipinski definition) is 4. The summed E-state index contributed by atoms with van der Waals surface area (Å²) < 4.78 is 10.0. The second kappa shape index (κ2) is 5.30. The summed E-state index contributed by atoms with van der Waals surface area (Å²) in [7, 11) is 1.31. The molecule has 1 fully saturated rings. The lowest BCUT2D eigenvalue weighted by Crippen LogP contribution is -2.48. The molecule has 1 rings (SSSR count). The van der Waals surface area contributed by atoms with Gasteiger partial charge in [-0.05, 0) is 26.7 Å². The van der Waals surface area contributed by atoms with Crippen molar-refractivity contribution in [2.45, 2.75) is 32.3 Å². The topological polar surface area (TPSA) is 55.8 Å². The van der Waals surface area contributed by atoms with Gasteiger partial charge in [-0.3, -0.25) is 9.59 Å². The molecule has 0 aromatic carbocycles. The van der Waals surface area contributed by atoms with Crippen molar-refractivity contribution in [1.82, 2.24) is 4.90 Å². The SMILES string of the molecule is CCN(CC(=O)OC)C(=O)C1(C)CCCO1. The van der Waals surface area contributed by atoms with Gasteiger partial charge in [0.25, 0.3) is 5.91 Å². The van der Waals surface area contributed by atoms with E-state index in [4.69, 9.17) is 4.74 Å². The number of rotatable bonds is 4. The smallest absolute Gasteiger partial charge is 0.325 e. The van der Waals surface area contributed by atoms with Gasteiger partial charge in [-0.1, -0.05) is 0 Å². The van der Waals surface area contributed by atoms with E-state index in [0.29, 0.717) is 19.6 Å². The Labute approximate surface area is 95.7 Å². The van der Waals surface area contributed by atoms with Gasteiger partial charge in [-0.25, -0.2) is 0 Å². The molecule has 0 aromatic rings. The molecule has 5 nitrogen and oxygen atoms in total. The molecule has 0 N–H and O–H groups in total. The van der Waals surface area contributed by atoms with E-state index < -0.39 is 11.6 Å². The molecule has 1 saturated heterocycles. The molecule has 0 saturated carbocycles. The summed E-state index contributed by atoms with van der Waals surface area (Å²) >= 11 is 0. The van der Waals surface area contributed by atoms with Crippen LogP contribution in [-0.4, -0.2) is 49.2 Å². The average Bonchev–Trinajstić information content (AvgIpc) is 2.73. The molecular formula is C11H19NO4. The van der Waals surface area contributed by atoms with Crippen molar-refractivity contribution in [1.29, 1.82) is 0 Å². The van der Waals surface area contributed by atoms with Gasteiger partial charge >= 0.3 is 5.97 Å². The summed E-state index contributed by atoms with van der Waals surface area (Å²) in [6.07, 6.45) is 1.60. The number of ether oxygens (including phenoxy) is 2. The van der Waals surface area contributed by atoms with E-state index in [2.05, 4.69) is 4.74 Å². The first-order valence-electron chi connectivity index (χ1n) is 5.53. The van der Waals surface area contributed by atoms with Crippen LogP contribution in [0.25, 0.3) is 0 Å².